The molecule has 3 aliphatic carbocycles. The second-order valence-corrected chi connectivity index (χ2v) is 8.64. The number of nitrogens with zero attached hydrogens (tertiary/aromatic N) is 1. The summed E-state index contributed by atoms with van der Waals surface area (Å²) in [4.78, 5) is 15.4. The third-order valence-electron chi connectivity index (χ3n) is 7.65. The summed E-state index contributed by atoms with van der Waals surface area (Å²) >= 11 is 0. The Kier molecular flexibility index (Phi) is 2.16. The maximum Gasteiger partial charge on any atom is 0.226 e. The predicted octanol–water partition coefficient (Wildman–Crippen LogP) is 1.73. The van der Waals surface area contributed by atoms with Crippen LogP contribution in [0.2, 0.25) is 0 Å². The number of fused-ring (bicyclic) bond motifs is 6. The fraction of sp³-hybridized carbons (Fsp3) is 0.941. The lowest BCUT2D eigenvalue weighted by atomic mass is 9.84. The normalized spacial score (nSPS) is 54.1. The van der Waals surface area contributed by atoms with Crippen LogP contribution in [0.25, 0.3) is 0 Å². The molecule has 2 bridgehead atoms. The molecule has 0 radical (unpaired) electrons. The summed E-state index contributed by atoms with van der Waals surface area (Å²) in [7, 11) is 0. The van der Waals surface area contributed by atoms with Gasteiger partial charge in [-0.2, -0.15) is 0 Å². The van der Waals surface area contributed by atoms with Crippen molar-refractivity contribution in [1.82, 2.24) is 10.2 Å². The molecule has 3 saturated carbocycles. The molecule has 110 valence electrons. The highest BCUT2D eigenvalue weighted by Crippen LogP contribution is 2.70. The first-order valence-corrected chi connectivity index (χ1v) is 8.61. The van der Waals surface area contributed by atoms with E-state index in [1.165, 1.54) is 19.3 Å². The predicted molar refractivity (Wildman–Crippen MR) is 76.9 cm³/mol. The molecule has 3 heteroatoms. The van der Waals surface area contributed by atoms with E-state index in [2.05, 4.69) is 24.1 Å². The fourth-order valence-electron chi connectivity index (χ4n) is 6.63. The molecular formula is C17H26N2O. The van der Waals surface area contributed by atoms with Crippen molar-refractivity contribution >= 4 is 5.91 Å². The van der Waals surface area contributed by atoms with Crippen molar-refractivity contribution in [1.29, 1.82) is 0 Å². The number of likely N-dealkylation sites (tertiary alicyclic amines) is 1. The summed E-state index contributed by atoms with van der Waals surface area (Å²) in [5, 5.41) is 3.51. The van der Waals surface area contributed by atoms with Crippen molar-refractivity contribution in [2.75, 3.05) is 19.6 Å². The number of carbonyl (C=O) groups excluding carboxylic acids is 1. The van der Waals surface area contributed by atoms with Crippen molar-refractivity contribution in [3.63, 3.8) is 0 Å². The minimum absolute atomic E-state index is 0.0706. The van der Waals surface area contributed by atoms with Crippen molar-refractivity contribution < 1.29 is 4.79 Å². The van der Waals surface area contributed by atoms with Gasteiger partial charge in [-0.3, -0.25) is 4.79 Å². The zero-order valence-electron chi connectivity index (χ0n) is 12.6. The quantitative estimate of drug-likeness (QED) is 0.790. The number of hydrogen-bond acceptors (Lipinski definition) is 2. The fourth-order valence-corrected chi connectivity index (χ4v) is 6.63. The SMILES string of the molecule is CC1(C)C2CNCC2CN1C(=O)C1C2C3CCC(C3)C12. The van der Waals surface area contributed by atoms with Crippen molar-refractivity contribution in [2.24, 2.45) is 41.4 Å². The van der Waals surface area contributed by atoms with E-state index in [4.69, 9.17) is 0 Å². The van der Waals surface area contributed by atoms with E-state index >= 15 is 0 Å². The summed E-state index contributed by atoms with van der Waals surface area (Å²) < 4.78 is 0. The third kappa shape index (κ3) is 1.29. The largest absolute Gasteiger partial charge is 0.337 e. The molecule has 0 spiro atoms. The third-order valence-corrected chi connectivity index (χ3v) is 7.65. The molecule has 5 aliphatic rings. The molecule has 6 unspecified atom stereocenters. The Morgan fingerprint density at radius 1 is 1.10 bits per heavy atom. The minimum Gasteiger partial charge on any atom is -0.337 e. The highest BCUT2D eigenvalue weighted by Gasteiger charge is 2.69. The summed E-state index contributed by atoms with van der Waals surface area (Å²) in [5.74, 6) is 5.71. The molecule has 20 heavy (non-hydrogen) atoms. The Hall–Kier alpha value is -0.570. The van der Waals surface area contributed by atoms with Gasteiger partial charge in [-0.1, -0.05) is 0 Å². The van der Waals surface area contributed by atoms with Crippen LogP contribution in [0.4, 0.5) is 0 Å². The van der Waals surface area contributed by atoms with Gasteiger partial charge in [0.1, 0.15) is 0 Å². The lowest BCUT2D eigenvalue weighted by molar-refractivity contribution is -0.137. The Morgan fingerprint density at radius 2 is 1.80 bits per heavy atom. The van der Waals surface area contributed by atoms with E-state index in [1.54, 1.807) is 0 Å². The van der Waals surface area contributed by atoms with Crippen molar-refractivity contribution in [3.8, 4) is 0 Å². The zero-order chi connectivity index (χ0) is 13.6. The van der Waals surface area contributed by atoms with Crippen LogP contribution in [0.3, 0.4) is 0 Å². The second kappa shape index (κ2) is 3.60. The Morgan fingerprint density at radius 3 is 2.45 bits per heavy atom. The molecule has 2 saturated heterocycles. The Bertz CT molecular complexity index is 458. The van der Waals surface area contributed by atoms with Gasteiger partial charge in [0.25, 0.3) is 0 Å². The first kappa shape index (κ1) is 12.0. The molecule has 0 aromatic carbocycles. The summed E-state index contributed by atoms with van der Waals surface area (Å²) in [6.45, 7) is 7.82. The Labute approximate surface area is 121 Å². The molecular weight excluding hydrogens is 248 g/mol. The molecule has 3 nitrogen and oxygen atoms in total. The van der Waals surface area contributed by atoms with E-state index in [0.29, 0.717) is 23.7 Å². The molecule has 1 N–H and O–H groups in total. The lowest BCUT2D eigenvalue weighted by Crippen LogP contribution is -2.48. The highest BCUT2D eigenvalue weighted by molar-refractivity contribution is 5.84. The number of rotatable bonds is 1. The van der Waals surface area contributed by atoms with Gasteiger partial charge in [-0.15, -0.1) is 0 Å². The highest BCUT2D eigenvalue weighted by atomic mass is 16.2. The molecule has 2 aliphatic heterocycles. The topological polar surface area (TPSA) is 32.3 Å². The number of carbonyl (C=O) groups is 1. The van der Waals surface area contributed by atoms with Crippen molar-refractivity contribution in [3.05, 3.63) is 0 Å². The van der Waals surface area contributed by atoms with Crippen molar-refractivity contribution in [2.45, 2.75) is 38.6 Å². The zero-order valence-corrected chi connectivity index (χ0v) is 12.6. The summed E-state index contributed by atoms with van der Waals surface area (Å²) in [6.07, 6.45) is 4.26. The van der Waals surface area contributed by atoms with Crippen LogP contribution >= 0.6 is 0 Å². The van der Waals surface area contributed by atoms with Crippen LogP contribution < -0.4 is 5.32 Å². The van der Waals surface area contributed by atoms with Gasteiger partial charge in [0.15, 0.2) is 0 Å². The van der Waals surface area contributed by atoms with Crippen LogP contribution in [0, 0.1) is 41.4 Å². The van der Waals surface area contributed by atoms with Crippen LogP contribution in [-0.2, 0) is 4.79 Å². The molecule has 5 fully saturated rings. The van der Waals surface area contributed by atoms with E-state index in [-0.39, 0.29) is 5.54 Å². The maximum absolute atomic E-state index is 13.1. The second-order valence-electron chi connectivity index (χ2n) is 8.64. The van der Waals surface area contributed by atoms with Gasteiger partial charge in [0.2, 0.25) is 5.91 Å². The average Bonchev–Trinajstić information content (AvgIpc) is 2.85. The number of nitrogens with one attached hydrogen (secondary N) is 1. The molecule has 6 atom stereocenters. The van der Waals surface area contributed by atoms with Crippen LogP contribution in [-0.4, -0.2) is 36.0 Å². The first-order chi connectivity index (χ1) is 9.59. The first-order valence-electron chi connectivity index (χ1n) is 8.61. The van der Waals surface area contributed by atoms with Gasteiger partial charge in [0, 0.05) is 31.1 Å². The molecule has 0 aromatic heterocycles. The van der Waals surface area contributed by atoms with E-state index in [0.717, 1.165) is 43.3 Å². The number of hydrogen-bond donors (Lipinski definition) is 1. The summed E-state index contributed by atoms with van der Waals surface area (Å²) in [6, 6.07) is 0. The monoisotopic (exact) mass is 274 g/mol. The van der Waals surface area contributed by atoms with E-state index in [1.807, 2.05) is 0 Å². The Balaban J connectivity index is 1.38. The van der Waals surface area contributed by atoms with Gasteiger partial charge in [-0.05, 0) is 68.6 Å². The minimum atomic E-state index is 0.0706. The lowest BCUT2D eigenvalue weighted by Gasteiger charge is -2.36. The average molecular weight is 274 g/mol. The van der Waals surface area contributed by atoms with Gasteiger partial charge in [-0.25, -0.2) is 0 Å². The van der Waals surface area contributed by atoms with Gasteiger partial charge in [0.05, 0.1) is 0 Å². The van der Waals surface area contributed by atoms with E-state index in [9.17, 15) is 4.79 Å². The number of amides is 1. The van der Waals surface area contributed by atoms with Crippen LogP contribution in [0.1, 0.15) is 33.1 Å². The van der Waals surface area contributed by atoms with Crippen LogP contribution in [0.15, 0.2) is 0 Å². The van der Waals surface area contributed by atoms with Gasteiger partial charge < -0.3 is 10.2 Å². The summed E-state index contributed by atoms with van der Waals surface area (Å²) in [5.41, 5.74) is 0.0706. The molecule has 5 rings (SSSR count). The smallest absolute Gasteiger partial charge is 0.226 e. The molecule has 0 aromatic rings. The standard InChI is InChI=1S/C17H26N2O/c1-17(2)12-7-18-6-11(12)8-19(17)16(20)15-13-9-3-4-10(5-9)14(13)15/h9-15,18H,3-8H2,1-2H3. The van der Waals surface area contributed by atoms with Gasteiger partial charge >= 0.3 is 0 Å². The molecule has 2 heterocycles. The van der Waals surface area contributed by atoms with E-state index < -0.39 is 0 Å². The maximum atomic E-state index is 13.1. The van der Waals surface area contributed by atoms with Crippen LogP contribution in [0.5, 0.6) is 0 Å². The molecule has 1 amide bonds.